The third kappa shape index (κ3) is 5.20. The molecule has 0 atom stereocenters. The summed E-state index contributed by atoms with van der Waals surface area (Å²) in [5, 5.41) is 3.32. The molecule has 0 spiro atoms. The lowest BCUT2D eigenvalue weighted by molar-refractivity contribution is 0.550. The molecule has 72 valence electrons. The Bertz CT molecular complexity index is 141. The lowest BCUT2D eigenvalue weighted by Gasteiger charge is -2.36. The molecule has 0 aromatic carbocycles. The summed E-state index contributed by atoms with van der Waals surface area (Å²) in [4.78, 5) is 0. The van der Waals surface area contributed by atoms with Gasteiger partial charge in [0.1, 0.15) is 16.5 Å². The van der Waals surface area contributed by atoms with Gasteiger partial charge in [0, 0.05) is 0 Å². The summed E-state index contributed by atoms with van der Waals surface area (Å²) in [5.41, 5.74) is 0. The monoisotopic (exact) mass is 222 g/mol. The van der Waals surface area contributed by atoms with Crippen LogP contribution in [0.1, 0.15) is 0 Å². The topological polar surface area (TPSA) is 15.3 Å². The minimum atomic E-state index is -1.50. The summed E-state index contributed by atoms with van der Waals surface area (Å²) in [6.45, 7) is 13.0. The van der Waals surface area contributed by atoms with Crippen molar-refractivity contribution >= 4 is 26.5 Å². The molecule has 0 aromatic rings. The lowest BCUT2D eigenvalue weighted by atomic mass is 11.8. The SMILES string of the molecule is C[Si](C)(C)NN([Si]F)[Si](C)(C)C. The number of hydrogen-bond donors (Lipinski definition) is 1. The van der Waals surface area contributed by atoms with Gasteiger partial charge in [0.2, 0.25) is 0 Å². The molecule has 0 aliphatic carbocycles. The number of nitrogens with zero attached hydrogens (tertiary/aromatic N) is 1. The highest BCUT2D eigenvalue weighted by Gasteiger charge is 2.29. The first-order chi connectivity index (χ1) is 5.17. The minimum absolute atomic E-state index is 0.607. The Morgan fingerprint density at radius 1 is 1.08 bits per heavy atom. The van der Waals surface area contributed by atoms with Crippen LogP contribution in [0.25, 0.3) is 0 Å². The zero-order valence-corrected chi connectivity index (χ0v) is 11.8. The molecule has 2 radical (unpaired) electrons. The average Bonchev–Trinajstić information content (AvgIpc) is 1.78. The van der Waals surface area contributed by atoms with Gasteiger partial charge in [-0.1, -0.05) is 39.3 Å². The smallest absolute Gasteiger partial charge is 0.290 e. The van der Waals surface area contributed by atoms with E-state index in [9.17, 15) is 4.11 Å². The van der Waals surface area contributed by atoms with Crippen molar-refractivity contribution in [1.82, 2.24) is 9.43 Å². The summed E-state index contributed by atoms with van der Waals surface area (Å²) in [7, 11) is -3.48. The van der Waals surface area contributed by atoms with E-state index < -0.39 is 26.5 Å². The fourth-order valence-electron chi connectivity index (χ4n) is 0.651. The summed E-state index contributed by atoms with van der Waals surface area (Å²) in [5.74, 6) is 0. The molecule has 0 aliphatic heterocycles. The third-order valence-corrected chi connectivity index (χ3v) is 6.54. The Hall–Kier alpha value is 0.501. The summed E-state index contributed by atoms with van der Waals surface area (Å²) < 4.78 is 14.5. The second kappa shape index (κ2) is 4.14. The second-order valence-corrected chi connectivity index (χ2v) is 15.5. The fourth-order valence-corrected chi connectivity index (χ4v) is 5.86. The summed E-state index contributed by atoms with van der Waals surface area (Å²) >= 11 is 0. The van der Waals surface area contributed by atoms with Gasteiger partial charge in [-0.25, -0.2) is 0 Å². The van der Waals surface area contributed by atoms with Gasteiger partial charge in [-0.15, -0.1) is 0 Å². The van der Waals surface area contributed by atoms with E-state index in [4.69, 9.17) is 0 Å². The standard InChI is InChI=1S/C6H19FN2Si3/c1-11(2,3)8-9(10-7)12(4,5)6/h8H,1-6H3. The maximum Gasteiger partial charge on any atom is 0.406 e. The molecule has 0 saturated heterocycles. The predicted octanol–water partition coefficient (Wildman–Crippen LogP) is 1.97. The molecule has 0 aromatic heterocycles. The minimum Gasteiger partial charge on any atom is -0.290 e. The molecular formula is C6H19FN2Si3. The van der Waals surface area contributed by atoms with Crippen LogP contribution in [-0.4, -0.2) is 30.8 Å². The highest BCUT2D eigenvalue weighted by molar-refractivity contribution is 6.81. The van der Waals surface area contributed by atoms with Crippen LogP contribution >= 0.6 is 0 Å². The van der Waals surface area contributed by atoms with Crippen molar-refractivity contribution in [1.29, 1.82) is 0 Å². The van der Waals surface area contributed by atoms with Gasteiger partial charge >= 0.3 is 10.0 Å². The highest BCUT2D eigenvalue weighted by Crippen LogP contribution is 2.07. The number of hydrogen-bond acceptors (Lipinski definition) is 2. The third-order valence-electron chi connectivity index (χ3n) is 1.20. The molecule has 2 nitrogen and oxygen atoms in total. The molecule has 0 heterocycles. The molecule has 12 heavy (non-hydrogen) atoms. The Labute approximate surface area is 79.8 Å². The first-order valence-corrected chi connectivity index (χ1v) is 11.9. The van der Waals surface area contributed by atoms with Crippen LogP contribution in [0.2, 0.25) is 39.3 Å². The van der Waals surface area contributed by atoms with Gasteiger partial charge < -0.3 is 0 Å². The number of hydrazine groups is 1. The average molecular weight is 222 g/mol. The zero-order valence-electron chi connectivity index (χ0n) is 8.83. The highest BCUT2D eigenvalue weighted by atomic mass is 28.4. The van der Waals surface area contributed by atoms with E-state index in [-0.39, 0.29) is 0 Å². The van der Waals surface area contributed by atoms with Crippen molar-refractivity contribution in [3.05, 3.63) is 0 Å². The number of nitrogens with one attached hydrogen (secondary N) is 1. The van der Waals surface area contributed by atoms with Crippen LogP contribution < -0.4 is 5.09 Å². The van der Waals surface area contributed by atoms with Gasteiger partial charge in [-0.3, -0.25) is 13.5 Å². The van der Waals surface area contributed by atoms with Crippen LogP contribution in [0.15, 0.2) is 0 Å². The van der Waals surface area contributed by atoms with E-state index in [0.717, 1.165) is 0 Å². The molecule has 0 rings (SSSR count). The summed E-state index contributed by atoms with van der Waals surface area (Å²) in [6.07, 6.45) is 0. The van der Waals surface area contributed by atoms with Gasteiger partial charge in [-0.05, 0) is 0 Å². The molecule has 0 unspecified atom stereocenters. The normalized spacial score (nSPS) is 14.0. The molecule has 0 bridgehead atoms. The molecule has 0 amide bonds. The van der Waals surface area contributed by atoms with Crippen molar-refractivity contribution in [2.24, 2.45) is 0 Å². The van der Waals surface area contributed by atoms with Gasteiger partial charge in [-0.2, -0.15) is 0 Å². The Morgan fingerprint density at radius 2 is 1.50 bits per heavy atom. The van der Waals surface area contributed by atoms with Gasteiger partial charge in [0.25, 0.3) is 0 Å². The largest absolute Gasteiger partial charge is 0.406 e. The maximum atomic E-state index is 12.6. The zero-order chi connectivity index (χ0) is 9.99. The van der Waals surface area contributed by atoms with Crippen molar-refractivity contribution < 1.29 is 4.11 Å². The second-order valence-electron chi connectivity index (χ2n) is 4.95. The maximum absolute atomic E-state index is 12.6. The van der Waals surface area contributed by atoms with Crippen LogP contribution in [0.4, 0.5) is 4.11 Å². The Balaban J connectivity index is 4.20. The van der Waals surface area contributed by atoms with Gasteiger partial charge in [0.15, 0.2) is 0 Å². The molecule has 0 saturated carbocycles. The fraction of sp³-hybridized carbons (Fsp3) is 1.00. The van der Waals surface area contributed by atoms with E-state index in [1.807, 2.05) is 4.34 Å². The van der Waals surface area contributed by atoms with E-state index >= 15 is 0 Å². The van der Waals surface area contributed by atoms with Crippen LogP contribution in [0, 0.1) is 0 Å². The van der Waals surface area contributed by atoms with Crippen molar-refractivity contribution in [2.75, 3.05) is 0 Å². The van der Waals surface area contributed by atoms with E-state index in [1.165, 1.54) is 0 Å². The van der Waals surface area contributed by atoms with Crippen LogP contribution in [-0.2, 0) is 0 Å². The number of rotatable bonds is 4. The van der Waals surface area contributed by atoms with Crippen molar-refractivity contribution in [2.45, 2.75) is 39.3 Å². The lowest BCUT2D eigenvalue weighted by Crippen LogP contribution is -2.62. The van der Waals surface area contributed by atoms with E-state index in [2.05, 4.69) is 44.4 Å². The van der Waals surface area contributed by atoms with Crippen LogP contribution in [0.5, 0.6) is 0 Å². The molecular weight excluding hydrogens is 203 g/mol. The first kappa shape index (κ1) is 12.5. The molecule has 6 heteroatoms. The van der Waals surface area contributed by atoms with E-state index in [1.54, 1.807) is 0 Å². The molecule has 0 fully saturated rings. The van der Waals surface area contributed by atoms with Crippen molar-refractivity contribution in [3.63, 3.8) is 0 Å². The Morgan fingerprint density at radius 3 is 1.58 bits per heavy atom. The number of halogens is 1. The first-order valence-electron chi connectivity index (χ1n) is 4.11. The quantitative estimate of drug-likeness (QED) is 0.444. The van der Waals surface area contributed by atoms with Crippen LogP contribution in [0.3, 0.4) is 0 Å². The molecule has 0 aliphatic rings. The summed E-state index contributed by atoms with van der Waals surface area (Å²) in [6, 6.07) is 0. The van der Waals surface area contributed by atoms with Crippen molar-refractivity contribution in [3.8, 4) is 0 Å². The molecule has 1 N–H and O–H groups in total. The van der Waals surface area contributed by atoms with E-state index in [0.29, 0.717) is 0 Å². The predicted molar refractivity (Wildman–Crippen MR) is 58.5 cm³/mol. The van der Waals surface area contributed by atoms with Gasteiger partial charge in [0.05, 0.1) is 0 Å². The Kier molecular flexibility index (Phi) is 4.31.